The summed E-state index contributed by atoms with van der Waals surface area (Å²) >= 11 is 0. The van der Waals surface area contributed by atoms with Crippen LogP contribution in [0.2, 0.25) is 0 Å². The summed E-state index contributed by atoms with van der Waals surface area (Å²) in [5.74, 6) is 0.230. The van der Waals surface area contributed by atoms with E-state index >= 15 is 0 Å². The summed E-state index contributed by atoms with van der Waals surface area (Å²) < 4.78 is 27.1. The molecule has 1 atom stereocenters. The lowest BCUT2D eigenvalue weighted by molar-refractivity contribution is -0.0524. The van der Waals surface area contributed by atoms with Gasteiger partial charge in [-0.3, -0.25) is 4.90 Å². The van der Waals surface area contributed by atoms with Gasteiger partial charge in [0.15, 0.2) is 0 Å². The van der Waals surface area contributed by atoms with Gasteiger partial charge in [0.1, 0.15) is 9.84 Å². The van der Waals surface area contributed by atoms with Gasteiger partial charge >= 0.3 is 0 Å². The summed E-state index contributed by atoms with van der Waals surface area (Å²) in [7, 11) is -2.85. The van der Waals surface area contributed by atoms with Gasteiger partial charge in [-0.1, -0.05) is 0 Å². The molecule has 0 aromatic carbocycles. The Balaban J connectivity index is 2.21. The van der Waals surface area contributed by atoms with Crippen LogP contribution >= 0.6 is 0 Å². The molecule has 1 rings (SSSR count). The highest BCUT2D eigenvalue weighted by Gasteiger charge is 2.19. The topological polar surface area (TPSA) is 66.8 Å². The summed E-state index contributed by atoms with van der Waals surface area (Å²) in [6.07, 6.45) is 1.79. The smallest absolute Gasteiger partial charge is 0.147 e. The minimum Gasteiger partial charge on any atom is -0.394 e. The molecular weight excluding hydrogens is 218 g/mol. The molecule has 0 aromatic rings. The Bertz CT molecular complexity index is 278. The third-order valence-electron chi connectivity index (χ3n) is 2.42. The fourth-order valence-electron chi connectivity index (χ4n) is 1.64. The van der Waals surface area contributed by atoms with E-state index in [0.29, 0.717) is 19.6 Å². The first-order chi connectivity index (χ1) is 7.01. The first kappa shape index (κ1) is 12.9. The van der Waals surface area contributed by atoms with Crippen molar-refractivity contribution >= 4 is 9.84 Å². The normalized spacial score (nSPS) is 24.3. The van der Waals surface area contributed by atoms with Crippen LogP contribution in [0, 0.1) is 0 Å². The van der Waals surface area contributed by atoms with E-state index in [-0.39, 0.29) is 18.5 Å². The average molecular weight is 237 g/mol. The molecule has 5 nitrogen and oxygen atoms in total. The van der Waals surface area contributed by atoms with Gasteiger partial charge in [-0.25, -0.2) is 8.42 Å². The predicted octanol–water partition coefficient (Wildman–Crippen LogP) is -0.886. The van der Waals surface area contributed by atoms with Gasteiger partial charge in [-0.15, -0.1) is 0 Å². The second-order valence-electron chi connectivity index (χ2n) is 3.96. The van der Waals surface area contributed by atoms with E-state index in [1.165, 1.54) is 6.26 Å². The second-order valence-corrected chi connectivity index (χ2v) is 6.22. The average Bonchev–Trinajstić information content (AvgIpc) is 2.16. The number of aliphatic hydroxyl groups is 1. The fourth-order valence-corrected chi connectivity index (χ4v) is 2.30. The van der Waals surface area contributed by atoms with Crippen LogP contribution in [-0.4, -0.2) is 69.4 Å². The van der Waals surface area contributed by atoms with Crippen molar-refractivity contribution < 1.29 is 18.3 Å². The highest BCUT2D eigenvalue weighted by atomic mass is 32.2. The van der Waals surface area contributed by atoms with Crippen LogP contribution in [0.3, 0.4) is 0 Å². The lowest BCUT2D eigenvalue weighted by Gasteiger charge is -2.31. The van der Waals surface area contributed by atoms with E-state index < -0.39 is 9.84 Å². The van der Waals surface area contributed by atoms with Gasteiger partial charge in [0.05, 0.1) is 25.1 Å². The quantitative estimate of drug-likeness (QED) is 0.672. The highest BCUT2D eigenvalue weighted by molar-refractivity contribution is 7.90. The molecule has 0 saturated carbocycles. The molecule has 90 valence electrons. The van der Waals surface area contributed by atoms with Gasteiger partial charge in [0, 0.05) is 19.3 Å². The van der Waals surface area contributed by atoms with Crippen molar-refractivity contribution in [1.29, 1.82) is 0 Å². The molecule has 1 saturated heterocycles. The van der Waals surface area contributed by atoms with Gasteiger partial charge in [0.2, 0.25) is 0 Å². The van der Waals surface area contributed by atoms with Crippen LogP contribution in [0.4, 0.5) is 0 Å². The standard InChI is InChI=1S/C9H19NO4S/c1-15(12,13)6-2-3-10-4-5-14-9(7-10)8-11/h9,11H,2-8H2,1H3. The summed E-state index contributed by atoms with van der Waals surface area (Å²) in [4.78, 5) is 2.13. The fraction of sp³-hybridized carbons (Fsp3) is 1.00. The molecule has 1 unspecified atom stereocenters. The molecule has 1 aliphatic rings. The number of hydrogen-bond acceptors (Lipinski definition) is 5. The Morgan fingerprint density at radius 1 is 1.53 bits per heavy atom. The van der Waals surface area contributed by atoms with Crippen LogP contribution in [0.1, 0.15) is 6.42 Å². The molecule has 1 aliphatic heterocycles. The molecule has 0 aromatic heterocycles. The van der Waals surface area contributed by atoms with Gasteiger partial charge < -0.3 is 9.84 Å². The van der Waals surface area contributed by atoms with E-state index in [9.17, 15) is 8.42 Å². The molecule has 0 aliphatic carbocycles. The minimum atomic E-state index is -2.85. The Morgan fingerprint density at radius 2 is 2.27 bits per heavy atom. The Hall–Kier alpha value is -0.170. The summed E-state index contributed by atoms with van der Waals surface area (Å²) in [6.45, 7) is 2.92. The third-order valence-corrected chi connectivity index (χ3v) is 3.45. The monoisotopic (exact) mass is 237 g/mol. The van der Waals surface area contributed by atoms with Crippen molar-refractivity contribution in [3.63, 3.8) is 0 Å². The molecule has 0 amide bonds. The van der Waals surface area contributed by atoms with Crippen molar-refractivity contribution in [2.75, 3.05) is 44.9 Å². The minimum absolute atomic E-state index is 0.0303. The van der Waals surface area contributed by atoms with E-state index in [2.05, 4.69) is 4.90 Å². The Morgan fingerprint density at radius 3 is 2.87 bits per heavy atom. The molecule has 6 heteroatoms. The van der Waals surface area contributed by atoms with E-state index in [1.54, 1.807) is 0 Å². The number of hydrogen-bond donors (Lipinski definition) is 1. The Kier molecular flexibility index (Phi) is 4.98. The lowest BCUT2D eigenvalue weighted by Crippen LogP contribution is -2.44. The zero-order valence-corrected chi connectivity index (χ0v) is 9.87. The zero-order chi connectivity index (χ0) is 11.3. The Labute approximate surface area is 90.9 Å². The molecule has 1 N–H and O–H groups in total. The number of ether oxygens (including phenoxy) is 1. The van der Waals surface area contributed by atoms with Crippen molar-refractivity contribution in [1.82, 2.24) is 4.90 Å². The van der Waals surface area contributed by atoms with Crippen molar-refractivity contribution in [2.45, 2.75) is 12.5 Å². The maximum Gasteiger partial charge on any atom is 0.147 e. The van der Waals surface area contributed by atoms with Crippen LogP contribution in [-0.2, 0) is 14.6 Å². The molecule has 15 heavy (non-hydrogen) atoms. The second kappa shape index (κ2) is 5.79. The van der Waals surface area contributed by atoms with Gasteiger partial charge in [-0.05, 0) is 13.0 Å². The van der Waals surface area contributed by atoms with Crippen LogP contribution in [0.5, 0.6) is 0 Å². The molecular formula is C9H19NO4S. The van der Waals surface area contributed by atoms with Crippen molar-refractivity contribution in [3.05, 3.63) is 0 Å². The van der Waals surface area contributed by atoms with Crippen molar-refractivity contribution in [3.8, 4) is 0 Å². The zero-order valence-electron chi connectivity index (χ0n) is 9.05. The highest BCUT2D eigenvalue weighted by Crippen LogP contribution is 2.05. The maximum absolute atomic E-state index is 10.9. The van der Waals surface area contributed by atoms with E-state index in [4.69, 9.17) is 9.84 Å². The maximum atomic E-state index is 10.9. The number of rotatable bonds is 5. The molecule has 0 radical (unpaired) electrons. The van der Waals surface area contributed by atoms with Crippen molar-refractivity contribution in [2.24, 2.45) is 0 Å². The molecule has 1 heterocycles. The summed E-state index contributed by atoms with van der Waals surface area (Å²) in [5.41, 5.74) is 0. The largest absolute Gasteiger partial charge is 0.394 e. The molecule has 0 bridgehead atoms. The van der Waals surface area contributed by atoms with Crippen LogP contribution in [0.25, 0.3) is 0 Å². The summed E-state index contributed by atoms with van der Waals surface area (Å²) in [5, 5.41) is 8.92. The predicted molar refractivity (Wildman–Crippen MR) is 57.6 cm³/mol. The number of sulfone groups is 1. The number of morpholine rings is 1. The SMILES string of the molecule is CS(=O)(=O)CCCN1CCOC(CO)C1. The third kappa shape index (κ3) is 5.46. The number of nitrogens with zero attached hydrogens (tertiary/aromatic N) is 1. The van der Waals surface area contributed by atoms with Crippen LogP contribution in [0.15, 0.2) is 0 Å². The van der Waals surface area contributed by atoms with E-state index in [0.717, 1.165) is 13.1 Å². The van der Waals surface area contributed by atoms with E-state index in [1.807, 2.05) is 0 Å². The van der Waals surface area contributed by atoms with Gasteiger partial charge in [0.25, 0.3) is 0 Å². The summed E-state index contributed by atoms with van der Waals surface area (Å²) in [6, 6.07) is 0. The number of aliphatic hydroxyl groups excluding tert-OH is 1. The first-order valence-electron chi connectivity index (χ1n) is 5.14. The first-order valence-corrected chi connectivity index (χ1v) is 7.20. The van der Waals surface area contributed by atoms with Crippen LogP contribution < -0.4 is 0 Å². The molecule has 1 fully saturated rings. The van der Waals surface area contributed by atoms with Gasteiger partial charge in [-0.2, -0.15) is 0 Å². The molecule has 0 spiro atoms. The lowest BCUT2D eigenvalue weighted by atomic mass is 10.2.